The van der Waals surface area contributed by atoms with E-state index in [2.05, 4.69) is 9.88 Å². The van der Waals surface area contributed by atoms with Crippen LogP contribution in [0.3, 0.4) is 0 Å². The van der Waals surface area contributed by atoms with E-state index in [-0.39, 0.29) is 23.1 Å². The number of likely N-dealkylation sites (tertiary alicyclic amines) is 1. The van der Waals surface area contributed by atoms with Gasteiger partial charge in [0.2, 0.25) is 5.43 Å². The fourth-order valence-corrected chi connectivity index (χ4v) is 2.76. The van der Waals surface area contributed by atoms with Crippen LogP contribution in [0.4, 0.5) is 4.39 Å². The average molecular weight is 318 g/mol. The number of ether oxygens (including phenoxy) is 1. The second kappa shape index (κ2) is 6.93. The van der Waals surface area contributed by atoms with Crippen LogP contribution in [-0.2, 0) is 17.9 Å². The number of nitrogens with zero attached hydrogens (tertiary/aromatic N) is 1. The molecule has 23 heavy (non-hydrogen) atoms. The lowest BCUT2D eigenvalue weighted by molar-refractivity contribution is 0.0459. The fourth-order valence-electron chi connectivity index (χ4n) is 2.76. The zero-order valence-electron chi connectivity index (χ0n) is 12.7. The van der Waals surface area contributed by atoms with Gasteiger partial charge in [0.15, 0.2) is 5.75 Å². The van der Waals surface area contributed by atoms with E-state index in [1.807, 2.05) is 6.07 Å². The molecular weight excluding hydrogens is 299 g/mol. The Balaban J connectivity index is 1.50. The number of aromatic amines is 1. The molecule has 3 rings (SSSR count). The van der Waals surface area contributed by atoms with Gasteiger partial charge in [-0.25, -0.2) is 4.39 Å². The van der Waals surface area contributed by atoms with Gasteiger partial charge < -0.3 is 14.8 Å². The highest BCUT2D eigenvalue weighted by Gasteiger charge is 2.23. The first-order valence-corrected chi connectivity index (χ1v) is 7.59. The number of hydrogen-bond acceptors (Lipinski definition) is 4. The van der Waals surface area contributed by atoms with Crippen molar-refractivity contribution in [3.8, 4) is 5.75 Å². The van der Waals surface area contributed by atoms with Gasteiger partial charge in [-0.05, 0) is 24.1 Å². The van der Waals surface area contributed by atoms with Crippen molar-refractivity contribution in [3.63, 3.8) is 0 Å². The van der Waals surface area contributed by atoms with E-state index in [1.54, 1.807) is 6.07 Å². The molecule has 0 spiro atoms. The molecule has 1 unspecified atom stereocenters. The van der Waals surface area contributed by atoms with Gasteiger partial charge in [-0.1, -0.05) is 12.1 Å². The van der Waals surface area contributed by atoms with Crippen molar-refractivity contribution in [3.05, 3.63) is 63.8 Å². The van der Waals surface area contributed by atoms with Crippen LogP contribution in [0.2, 0.25) is 0 Å². The maximum absolute atomic E-state index is 13.1. The number of rotatable bonds is 5. The third kappa shape index (κ3) is 4.18. The molecule has 1 fully saturated rings. The Hall–Kier alpha value is -2.18. The summed E-state index contributed by atoms with van der Waals surface area (Å²) in [6.07, 6.45) is 2.31. The number of pyridine rings is 1. The number of H-pyrrole nitrogens is 1. The maximum Gasteiger partial charge on any atom is 0.223 e. The highest BCUT2D eigenvalue weighted by Crippen LogP contribution is 2.17. The minimum atomic E-state index is -0.378. The summed E-state index contributed by atoms with van der Waals surface area (Å²) in [5.74, 6) is -0.526. The Bertz CT molecular complexity index is 732. The lowest BCUT2D eigenvalue weighted by Crippen LogP contribution is -2.24. The summed E-state index contributed by atoms with van der Waals surface area (Å²) in [4.78, 5) is 16.5. The molecular formula is C17H19FN2O3. The van der Waals surface area contributed by atoms with E-state index in [4.69, 9.17) is 4.74 Å². The molecule has 0 aliphatic carbocycles. The van der Waals surface area contributed by atoms with Crippen LogP contribution in [0.25, 0.3) is 0 Å². The number of nitrogens with one attached hydrogen (secondary N) is 1. The molecule has 0 saturated carbocycles. The van der Waals surface area contributed by atoms with Crippen molar-refractivity contribution in [1.29, 1.82) is 0 Å². The van der Waals surface area contributed by atoms with Gasteiger partial charge in [-0.3, -0.25) is 9.69 Å². The minimum Gasteiger partial charge on any atom is -0.503 e. The van der Waals surface area contributed by atoms with Gasteiger partial charge >= 0.3 is 0 Å². The Morgan fingerprint density at radius 2 is 2.26 bits per heavy atom. The Labute approximate surface area is 133 Å². The Kier molecular flexibility index (Phi) is 4.73. The first-order chi connectivity index (χ1) is 11.1. The van der Waals surface area contributed by atoms with Gasteiger partial charge in [-0.15, -0.1) is 0 Å². The van der Waals surface area contributed by atoms with E-state index in [9.17, 15) is 14.3 Å². The van der Waals surface area contributed by atoms with E-state index < -0.39 is 0 Å². The molecule has 5 nitrogen and oxygen atoms in total. The predicted octanol–water partition coefficient (Wildman–Crippen LogP) is 2.01. The molecule has 2 N–H and O–H groups in total. The third-order valence-electron chi connectivity index (χ3n) is 3.95. The second-order valence-electron chi connectivity index (χ2n) is 5.79. The summed E-state index contributed by atoms with van der Waals surface area (Å²) in [5.41, 5.74) is 1.21. The lowest BCUT2D eigenvalue weighted by Gasteiger charge is -2.16. The zero-order valence-corrected chi connectivity index (χ0v) is 12.7. The van der Waals surface area contributed by atoms with Gasteiger partial charge in [0.25, 0.3) is 0 Å². The van der Waals surface area contributed by atoms with E-state index in [0.29, 0.717) is 13.2 Å². The average Bonchev–Trinajstić information content (AvgIpc) is 2.97. The first-order valence-electron chi connectivity index (χ1n) is 7.59. The molecule has 0 amide bonds. The van der Waals surface area contributed by atoms with Crippen LogP contribution in [0.5, 0.6) is 5.75 Å². The van der Waals surface area contributed by atoms with Gasteiger partial charge in [0.1, 0.15) is 5.82 Å². The van der Waals surface area contributed by atoms with Crippen molar-refractivity contribution < 1.29 is 14.2 Å². The smallest absolute Gasteiger partial charge is 0.223 e. The summed E-state index contributed by atoms with van der Waals surface area (Å²) in [6.45, 7) is 2.64. The minimum absolute atomic E-state index is 0.0992. The largest absolute Gasteiger partial charge is 0.503 e. The molecule has 1 aliphatic rings. The molecule has 2 heterocycles. The molecule has 1 saturated heterocycles. The van der Waals surface area contributed by atoms with Gasteiger partial charge in [0, 0.05) is 37.6 Å². The molecule has 2 aromatic rings. The Morgan fingerprint density at radius 3 is 3.04 bits per heavy atom. The fraction of sp³-hybridized carbons (Fsp3) is 0.353. The maximum atomic E-state index is 13.1. The molecule has 0 bridgehead atoms. The van der Waals surface area contributed by atoms with Crippen molar-refractivity contribution in [2.45, 2.75) is 25.7 Å². The van der Waals surface area contributed by atoms with Crippen molar-refractivity contribution >= 4 is 0 Å². The number of halogens is 1. The van der Waals surface area contributed by atoms with Crippen LogP contribution < -0.4 is 5.43 Å². The Morgan fingerprint density at radius 1 is 1.39 bits per heavy atom. The molecule has 1 aromatic heterocycles. The molecule has 0 radical (unpaired) electrons. The van der Waals surface area contributed by atoms with E-state index in [1.165, 1.54) is 24.4 Å². The van der Waals surface area contributed by atoms with Gasteiger partial charge in [0.05, 0.1) is 12.7 Å². The van der Waals surface area contributed by atoms with Crippen LogP contribution >= 0.6 is 0 Å². The lowest BCUT2D eigenvalue weighted by atomic mass is 10.2. The van der Waals surface area contributed by atoms with Crippen LogP contribution in [0.1, 0.15) is 17.7 Å². The van der Waals surface area contributed by atoms with Crippen LogP contribution in [-0.4, -0.2) is 34.2 Å². The predicted molar refractivity (Wildman–Crippen MR) is 83.6 cm³/mol. The summed E-state index contributed by atoms with van der Waals surface area (Å²) in [6, 6.07) is 7.83. The summed E-state index contributed by atoms with van der Waals surface area (Å²) < 4.78 is 19.0. The molecule has 6 heteroatoms. The molecule has 1 aliphatic heterocycles. The number of aromatic hydroxyl groups is 1. The van der Waals surface area contributed by atoms with Crippen LogP contribution in [0.15, 0.2) is 41.3 Å². The summed E-state index contributed by atoms with van der Waals surface area (Å²) in [7, 11) is 0. The van der Waals surface area contributed by atoms with Crippen LogP contribution in [0, 0.1) is 5.82 Å². The summed E-state index contributed by atoms with van der Waals surface area (Å²) >= 11 is 0. The first kappa shape index (κ1) is 15.7. The van der Waals surface area contributed by atoms with Crippen molar-refractivity contribution in [1.82, 2.24) is 9.88 Å². The van der Waals surface area contributed by atoms with E-state index in [0.717, 1.165) is 30.8 Å². The second-order valence-corrected chi connectivity index (χ2v) is 5.79. The standard InChI is InChI=1S/C17H19FN2O3/c18-13-3-1-2-12(6-13)11-23-15-4-5-20(10-15)9-14-7-16(21)17(22)8-19-14/h1-3,6-8,15,22H,4-5,9-11H2,(H,19,21). The highest BCUT2D eigenvalue weighted by atomic mass is 19.1. The highest BCUT2D eigenvalue weighted by molar-refractivity contribution is 5.18. The molecule has 1 aromatic carbocycles. The molecule has 1 atom stereocenters. The number of hydrogen-bond donors (Lipinski definition) is 2. The quantitative estimate of drug-likeness (QED) is 0.885. The number of aromatic nitrogens is 1. The topological polar surface area (TPSA) is 65.6 Å². The van der Waals surface area contributed by atoms with Gasteiger partial charge in [-0.2, -0.15) is 0 Å². The number of benzene rings is 1. The van der Waals surface area contributed by atoms with Crippen molar-refractivity contribution in [2.24, 2.45) is 0 Å². The summed E-state index contributed by atoms with van der Waals surface area (Å²) in [5, 5.41) is 9.24. The van der Waals surface area contributed by atoms with E-state index >= 15 is 0 Å². The SMILES string of the molecule is O=c1cc(CN2CCC(OCc3cccc(F)c3)C2)[nH]cc1O. The molecule has 122 valence electrons. The monoisotopic (exact) mass is 318 g/mol. The zero-order chi connectivity index (χ0) is 16.2. The van der Waals surface area contributed by atoms with Crippen molar-refractivity contribution in [2.75, 3.05) is 13.1 Å². The normalized spacial score (nSPS) is 18.4. The third-order valence-corrected chi connectivity index (χ3v) is 3.95.